The number of nitrogens with one attached hydrogen (secondary N) is 1. The van der Waals surface area contributed by atoms with Crippen LogP contribution in [0.1, 0.15) is 16.2 Å². The molecule has 2 aromatic carbocycles. The molecule has 0 saturated carbocycles. The maximum Gasteiger partial charge on any atom is 0.339 e. The first-order valence-electron chi connectivity index (χ1n) is 10.9. The molecule has 10 heteroatoms. The van der Waals surface area contributed by atoms with E-state index in [9.17, 15) is 9.90 Å². The summed E-state index contributed by atoms with van der Waals surface area (Å²) in [7, 11) is 0. The Morgan fingerprint density at radius 1 is 0.971 bits per heavy atom. The van der Waals surface area contributed by atoms with Gasteiger partial charge in [-0.1, -0.05) is 12.1 Å². The molecule has 0 unspecified atom stereocenters. The topological polar surface area (TPSA) is 128 Å². The predicted octanol–water partition coefficient (Wildman–Crippen LogP) is 2.89. The number of aromatic hydroxyl groups is 1. The summed E-state index contributed by atoms with van der Waals surface area (Å²) in [5.74, 6) is 0.526. The van der Waals surface area contributed by atoms with Crippen LogP contribution in [0.25, 0.3) is 10.9 Å². The molecule has 1 saturated heterocycles. The molecular weight excluding hydrogens is 434 g/mol. The van der Waals surface area contributed by atoms with Crippen molar-refractivity contribution in [3.05, 3.63) is 72.3 Å². The minimum atomic E-state index is -1.18. The number of hydrogen-bond donors (Lipinski definition) is 3. The van der Waals surface area contributed by atoms with Gasteiger partial charge < -0.3 is 20.4 Å². The second kappa shape index (κ2) is 9.28. The predicted molar refractivity (Wildman–Crippen MR) is 127 cm³/mol. The second-order valence-corrected chi connectivity index (χ2v) is 7.98. The van der Waals surface area contributed by atoms with Gasteiger partial charge >= 0.3 is 5.97 Å². The van der Waals surface area contributed by atoms with Crippen molar-refractivity contribution in [2.45, 2.75) is 6.54 Å². The van der Waals surface area contributed by atoms with Crippen molar-refractivity contribution < 1.29 is 15.0 Å². The molecule has 0 bridgehead atoms. The van der Waals surface area contributed by atoms with Crippen LogP contribution in [0.5, 0.6) is 5.75 Å². The van der Waals surface area contributed by atoms with Crippen LogP contribution in [-0.4, -0.2) is 67.2 Å². The highest BCUT2D eigenvalue weighted by molar-refractivity contribution is 5.93. The normalized spacial score (nSPS) is 14.3. The van der Waals surface area contributed by atoms with Crippen LogP contribution >= 0.6 is 0 Å². The highest BCUT2D eigenvalue weighted by Gasteiger charge is 2.20. The fourth-order valence-electron chi connectivity index (χ4n) is 3.98. The fourth-order valence-corrected chi connectivity index (χ4v) is 3.98. The van der Waals surface area contributed by atoms with Crippen molar-refractivity contribution in [2.75, 3.05) is 36.4 Å². The van der Waals surface area contributed by atoms with Gasteiger partial charge in [-0.15, -0.1) is 0 Å². The third-order valence-corrected chi connectivity index (χ3v) is 5.71. The number of benzene rings is 2. The summed E-state index contributed by atoms with van der Waals surface area (Å²) in [6.07, 6.45) is 3.50. The van der Waals surface area contributed by atoms with E-state index in [2.05, 4.69) is 25.1 Å². The summed E-state index contributed by atoms with van der Waals surface area (Å²) in [5.41, 5.74) is 1.19. The maximum absolute atomic E-state index is 11.2. The number of carboxylic acid groups (broad SMARTS) is 1. The zero-order valence-corrected chi connectivity index (χ0v) is 18.3. The van der Waals surface area contributed by atoms with E-state index < -0.39 is 5.97 Å². The van der Waals surface area contributed by atoms with Gasteiger partial charge in [0, 0.05) is 55.7 Å². The number of aromatic carboxylic acids is 1. The second-order valence-electron chi connectivity index (χ2n) is 7.98. The number of piperazine rings is 1. The molecule has 3 N–H and O–H groups in total. The number of carbonyl (C=O) groups is 1. The molecule has 1 aliphatic rings. The Hall–Kier alpha value is -4.31. The van der Waals surface area contributed by atoms with Crippen LogP contribution in [0.2, 0.25) is 0 Å². The van der Waals surface area contributed by atoms with E-state index in [0.29, 0.717) is 23.9 Å². The Morgan fingerprint density at radius 2 is 1.74 bits per heavy atom. The summed E-state index contributed by atoms with van der Waals surface area (Å²) in [6.45, 7) is 3.89. The lowest BCUT2D eigenvalue weighted by Crippen LogP contribution is -2.46. The Bertz CT molecular complexity index is 1320. The number of carboxylic acids is 1. The van der Waals surface area contributed by atoms with Gasteiger partial charge in [-0.05, 0) is 30.3 Å². The summed E-state index contributed by atoms with van der Waals surface area (Å²) >= 11 is 0. The highest BCUT2D eigenvalue weighted by atomic mass is 16.4. The van der Waals surface area contributed by atoms with E-state index >= 15 is 0 Å². The number of phenols is 1. The molecule has 10 nitrogen and oxygen atoms in total. The lowest BCUT2D eigenvalue weighted by atomic mass is 10.1. The monoisotopic (exact) mass is 457 g/mol. The molecule has 1 aliphatic heterocycles. The molecule has 172 valence electrons. The van der Waals surface area contributed by atoms with Gasteiger partial charge in [-0.2, -0.15) is 0 Å². The van der Waals surface area contributed by atoms with Gasteiger partial charge in [0.15, 0.2) is 0 Å². The van der Waals surface area contributed by atoms with E-state index in [1.165, 1.54) is 12.1 Å². The van der Waals surface area contributed by atoms with Gasteiger partial charge in [-0.3, -0.25) is 4.90 Å². The molecule has 5 rings (SSSR count). The molecule has 3 heterocycles. The Kier molecular flexibility index (Phi) is 5.88. The molecule has 0 radical (unpaired) electrons. The van der Waals surface area contributed by atoms with Crippen molar-refractivity contribution in [2.24, 2.45) is 0 Å². The Labute approximate surface area is 195 Å². The fraction of sp³-hybridized carbons (Fsp3) is 0.208. The van der Waals surface area contributed by atoms with Gasteiger partial charge in [0.2, 0.25) is 5.95 Å². The molecule has 0 aliphatic carbocycles. The van der Waals surface area contributed by atoms with Crippen molar-refractivity contribution in [3.8, 4) is 5.75 Å². The minimum absolute atomic E-state index is 0.154. The summed E-state index contributed by atoms with van der Waals surface area (Å²) in [6, 6.07) is 13.8. The van der Waals surface area contributed by atoms with Crippen LogP contribution in [0, 0.1) is 0 Å². The number of rotatable bonds is 6. The molecule has 34 heavy (non-hydrogen) atoms. The zero-order chi connectivity index (χ0) is 23.5. The third kappa shape index (κ3) is 4.57. The van der Waals surface area contributed by atoms with Gasteiger partial charge in [0.25, 0.3) is 0 Å². The molecular formula is C24H23N7O3. The first-order chi connectivity index (χ1) is 16.6. The smallest absolute Gasteiger partial charge is 0.339 e. The van der Waals surface area contributed by atoms with Crippen molar-refractivity contribution in [3.63, 3.8) is 0 Å². The van der Waals surface area contributed by atoms with E-state index in [4.69, 9.17) is 15.1 Å². The number of aromatic nitrogens is 4. The molecule has 0 atom stereocenters. The number of hydrogen-bond acceptors (Lipinski definition) is 9. The van der Waals surface area contributed by atoms with E-state index in [1.807, 2.05) is 30.3 Å². The minimum Gasteiger partial charge on any atom is -0.507 e. The molecule has 0 amide bonds. The summed E-state index contributed by atoms with van der Waals surface area (Å²) < 4.78 is 0. The first-order valence-corrected chi connectivity index (χ1v) is 10.9. The molecule has 2 aromatic heterocycles. The van der Waals surface area contributed by atoms with Crippen LogP contribution in [0.3, 0.4) is 0 Å². The van der Waals surface area contributed by atoms with Crippen LogP contribution in [0.15, 0.2) is 60.9 Å². The van der Waals surface area contributed by atoms with Gasteiger partial charge in [0.1, 0.15) is 23.0 Å². The molecule has 4 aromatic rings. The largest absolute Gasteiger partial charge is 0.507 e. The SMILES string of the molecule is O=C(O)c1ccc(Nc2nc(CN3CCN(c4ncccn4)CC3)nc3ccccc23)cc1O. The Morgan fingerprint density at radius 3 is 2.47 bits per heavy atom. The van der Waals surface area contributed by atoms with Crippen LogP contribution < -0.4 is 10.2 Å². The van der Waals surface area contributed by atoms with Gasteiger partial charge in [-0.25, -0.2) is 24.7 Å². The average molecular weight is 457 g/mol. The number of para-hydroxylation sites is 1. The number of nitrogens with zero attached hydrogens (tertiary/aromatic N) is 6. The summed E-state index contributed by atoms with van der Waals surface area (Å²) in [5, 5.41) is 23.2. The van der Waals surface area contributed by atoms with E-state index in [-0.39, 0.29) is 11.3 Å². The van der Waals surface area contributed by atoms with Crippen LogP contribution in [0.4, 0.5) is 17.5 Å². The first kappa shape index (κ1) is 21.5. The zero-order valence-electron chi connectivity index (χ0n) is 18.3. The lowest BCUT2D eigenvalue weighted by molar-refractivity contribution is 0.0694. The standard InChI is InChI=1S/C24H23N7O3/c32-20-14-16(6-7-18(20)23(33)34)27-22-17-4-1-2-5-19(17)28-21(29-22)15-30-10-12-31(13-11-30)24-25-8-3-9-26-24/h1-9,14,32H,10-13,15H2,(H,33,34)(H,27,28,29). The third-order valence-electron chi connectivity index (χ3n) is 5.71. The molecule has 0 spiro atoms. The van der Waals surface area contributed by atoms with Crippen LogP contribution in [-0.2, 0) is 6.54 Å². The summed E-state index contributed by atoms with van der Waals surface area (Å²) in [4.78, 5) is 33.8. The quantitative estimate of drug-likeness (QED) is 0.398. The van der Waals surface area contributed by atoms with Crippen molar-refractivity contribution in [1.82, 2.24) is 24.8 Å². The lowest BCUT2D eigenvalue weighted by Gasteiger charge is -2.34. The van der Waals surface area contributed by atoms with Crippen molar-refractivity contribution >= 4 is 34.3 Å². The maximum atomic E-state index is 11.2. The van der Waals surface area contributed by atoms with E-state index in [1.54, 1.807) is 18.5 Å². The Balaban J connectivity index is 1.35. The van der Waals surface area contributed by atoms with Gasteiger partial charge in [0.05, 0.1) is 12.1 Å². The highest BCUT2D eigenvalue weighted by Crippen LogP contribution is 2.28. The van der Waals surface area contributed by atoms with Crippen molar-refractivity contribution in [1.29, 1.82) is 0 Å². The molecule has 1 fully saturated rings. The van der Waals surface area contributed by atoms with E-state index in [0.717, 1.165) is 43.0 Å². The number of anilines is 3. The number of fused-ring (bicyclic) bond motifs is 1. The average Bonchev–Trinajstić information content (AvgIpc) is 2.85.